The van der Waals surface area contributed by atoms with Crippen molar-refractivity contribution in [3.63, 3.8) is 0 Å². The molecule has 0 aromatic rings. The molecule has 0 aliphatic rings. The Hall–Kier alpha value is -3.67. The van der Waals surface area contributed by atoms with Crippen LogP contribution in [0.4, 0.5) is 0 Å². The molecule has 0 aromatic heterocycles. The highest BCUT2D eigenvalue weighted by Crippen LogP contribution is 2.11. The summed E-state index contributed by atoms with van der Waals surface area (Å²) in [6.07, 6.45) is 62.6. The molecule has 0 aliphatic carbocycles. The molecule has 60 heavy (non-hydrogen) atoms. The number of esters is 3. The minimum absolute atomic E-state index is 0.118. The number of hydrogen-bond acceptors (Lipinski definition) is 6. The van der Waals surface area contributed by atoms with E-state index in [1.807, 2.05) is 6.08 Å². The number of hydrogen-bond donors (Lipinski definition) is 0. The van der Waals surface area contributed by atoms with Gasteiger partial charge in [0.2, 0.25) is 0 Å². The van der Waals surface area contributed by atoms with Gasteiger partial charge in [0.25, 0.3) is 0 Å². The second kappa shape index (κ2) is 48.0. The van der Waals surface area contributed by atoms with Gasteiger partial charge in [0.15, 0.2) is 6.10 Å². The highest BCUT2D eigenvalue weighted by Gasteiger charge is 2.19. The van der Waals surface area contributed by atoms with E-state index in [9.17, 15) is 14.4 Å². The van der Waals surface area contributed by atoms with Gasteiger partial charge in [0.05, 0.1) is 0 Å². The lowest BCUT2D eigenvalue weighted by atomic mass is 10.1. The summed E-state index contributed by atoms with van der Waals surface area (Å²) in [6, 6.07) is 0. The van der Waals surface area contributed by atoms with Crippen molar-refractivity contribution in [2.45, 2.75) is 213 Å². The molecule has 0 rings (SSSR count). The molecule has 0 aromatic carbocycles. The number of unbranched alkanes of at least 4 members (excludes halogenated alkanes) is 15. The van der Waals surface area contributed by atoms with Crippen molar-refractivity contribution in [3.8, 4) is 0 Å². The molecular formula is C54H88O6. The van der Waals surface area contributed by atoms with E-state index in [1.165, 1.54) is 51.4 Å². The maximum Gasteiger partial charge on any atom is 0.306 e. The number of rotatable bonds is 42. The van der Waals surface area contributed by atoms with Crippen LogP contribution in [-0.4, -0.2) is 37.2 Å². The first kappa shape index (κ1) is 56.3. The SMILES string of the molecule is CC/C=C\C/C=C\C/C=C\C/C=C\C/C=C\CCCCCC(=O)OCC(COC(=O)CCCCCC/C=C\CCCC)OC(=O)CC/C=C\C/C=C\CCCCCCCC. The Kier molecular flexibility index (Phi) is 45.1. The molecule has 0 amide bonds. The van der Waals surface area contributed by atoms with Crippen LogP contribution in [0, 0.1) is 0 Å². The molecule has 0 aliphatic heterocycles. The Morgan fingerprint density at radius 2 is 0.700 bits per heavy atom. The van der Waals surface area contributed by atoms with Gasteiger partial charge < -0.3 is 14.2 Å². The largest absolute Gasteiger partial charge is 0.462 e. The van der Waals surface area contributed by atoms with Gasteiger partial charge in [-0.2, -0.15) is 0 Å². The maximum absolute atomic E-state index is 12.7. The first-order valence-electron chi connectivity index (χ1n) is 24.2. The predicted molar refractivity (Wildman–Crippen MR) is 256 cm³/mol. The van der Waals surface area contributed by atoms with Crippen LogP contribution in [0.3, 0.4) is 0 Å². The number of allylic oxidation sites excluding steroid dienone is 16. The summed E-state index contributed by atoms with van der Waals surface area (Å²) < 4.78 is 16.6. The Morgan fingerprint density at radius 3 is 1.17 bits per heavy atom. The number of carbonyl (C=O) groups excluding carboxylic acids is 3. The second-order valence-electron chi connectivity index (χ2n) is 15.6. The van der Waals surface area contributed by atoms with Gasteiger partial charge >= 0.3 is 17.9 Å². The molecule has 0 heterocycles. The smallest absolute Gasteiger partial charge is 0.306 e. The fraction of sp³-hybridized carbons (Fsp3) is 0.648. The third-order valence-electron chi connectivity index (χ3n) is 9.81. The van der Waals surface area contributed by atoms with E-state index in [0.29, 0.717) is 19.3 Å². The van der Waals surface area contributed by atoms with Crippen LogP contribution in [0.1, 0.15) is 207 Å². The molecule has 0 spiro atoms. The quantitative estimate of drug-likeness (QED) is 0.0264. The zero-order chi connectivity index (χ0) is 43.7. The van der Waals surface area contributed by atoms with Gasteiger partial charge in [-0.1, -0.05) is 182 Å². The molecule has 1 unspecified atom stereocenters. The van der Waals surface area contributed by atoms with Crippen LogP contribution in [0.5, 0.6) is 0 Å². The molecule has 0 saturated carbocycles. The van der Waals surface area contributed by atoms with Crippen molar-refractivity contribution in [3.05, 3.63) is 97.2 Å². The molecule has 0 fully saturated rings. The standard InChI is InChI=1S/C54H88O6/c1-4-7-10-13-16-19-22-24-25-26-27-28-29-31-32-35-38-41-44-47-53(56)59-50-51(49-58-52(55)46-43-40-37-34-21-18-15-12-9-6-3)60-54(57)48-45-42-39-36-33-30-23-20-17-14-11-8-5-2/h7,10,15-16,18-19,24-25,27-28,30-33,39,42,51H,4-6,8-9,11-14,17,20-23,26,29,34-38,40-41,43-50H2,1-3H3/b10-7-,18-15-,19-16-,25-24-,28-27-,32-31-,33-30-,42-39-. The van der Waals surface area contributed by atoms with E-state index in [1.54, 1.807) is 0 Å². The summed E-state index contributed by atoms with van der Waals surface area (Å²) in [5.74, 6) is -1.04. The molecular weight excluding hydrogens is 745 g/mol. The summed E-state index contributed by atoms with van der Waals surface area (Å²) in [4.78, 5) is 37.8. The summed E-state index contributed by atoms with van der Waals surface area (Å²) in [6.45, 7) is 6.36. The van der Waals surface area contributed by atoms with Crippen molar-refractivity contribution in [1.29, 1.82) is 0 Å². The lowest BCUT2D eigenvalue weighted by molar-refractivity contribution is -0.166. The predicted octanol–water partition coefficient (Wildman–Crippen LogP) is 15.8. The third-order valence-corrected chi connectivity index (χ3v) is 9.81. The van der Waals surface area contributed by atoms with Crippen LogP contribution in [-0.2, 0) is 28.6 Å². The highest BCUT2D eigenvalue weighted by molar-refractivity contribution is 5.71. The summed E-state index contributed by atoms with van der Waals surface area (Å²) >= 11 is 0. The van der Waals surface area contributed by atoms with E-state index < -0.39 is 12.1 Å². The Labute approximate surface area is 368 Å². The van der Waals surface area contributed by atoms with Gasteiger partial charge in [0.1, 0.15) is 13.2 Å². The molecule has 6 nitrogen and oxygen atoms in total. The Balaban J connectivity index is 4.50. The van der Waals surface area contributed by atoms with Crippen LogP contribution in [0.2, 0.25) is 0 Å². The van der Waals surface area contributed by atoms with E-state index in [0.717, 1.165) is 109 Å². The van der Waals surface area contributed by atoms with Crippen molar-refractivity contribution >= 4 is 17.9 Å². The number of carbonyl (C=O) groups is 3. The first-order chi connectivity index (χ1) is 29.5. The third kappa shape index (κ3) is 45.4. The monoisotopic (exact) mass is 833 g/mol. The molecule has 6 heteroatoms. The zero-order valence-electron chi connectivity index (χ0n) is 38.7. The Morgan fingerprint density at radius 1 is 0.350 bits per heavy atom. The second-order valence-corrected chi connectivity index (χ2v) is 15.6. The molecule has 0 N–H and O–H groups in total. The summed E-state index contributed by atoms with van der Waals surface area (Å²) in [5, 5.41) is 0. The van der Waals surface area contributed by atoms with Crippen LogP contribution in [0.15, 0.2) is 97.2 Å². The Bertz CT molecular complexity index is 1230. The lowest BCUT2D eigenvalue weighted by Gasteiger charge is -2.18. The van der Waals surface area contributed by atoms with Gasteiger partial charge in [0, 0.05) is 19.3 Å². The minimum atomic E-state index is -0.825. The fourth-order valence-corrected chi connectivity index (χ4v) is 6.15. The van der Waals surface area contributed by atoms with Crippen LogP contribution in [0.25, 0.3) is 0 Å². The maximum atomic E-state index is 12.7. The van der Waals surface area contributed by atoms with E-state index in [-0.39, 0.29) is 31.6 Å². The fourth-order valence-electron chi connectivity index (χ4n) is 6.15. The molecule has 340 valence electrons. The number of ether oxygens (including phenoxy) is 3. The summed E-state index contributed by atoms with van der Waals surface area (Å²) in [5.41, 5.74) is 0. The first-order valence-corrected chi connectivity index (χ1v) is 24.2. The highest BCUT2D eigenvalue weighted by atomic mass is 16.6. The minimum Gasteiger partial charge on any atom is -0.462 e. The molecule has 0 saturated heterocycles. The van der Waals surface area contributed by atoms with Crippen LogP contribution >= 0.6 is 0 Å². The average Bonchev–Trinajstić information content (AvgIpc) is 3.24. The van der Waals surface area contributed by atoms with Crippen molar-refractivity contribution in [2.75, 3.05) is 13.2 Å². The van der Waals surface area contributed by atoms with Crippen LogP contribution < -0.4 is 0 Å². The van der Waals surface area contributed by atoms with Gasteiger partial charge in [-0.15, -0.1) is 0 Å². The normalized spacial score (nSPS) is 12.9. The van der Waals surface area contributed by atoms with E-state index in [2.05, 4.69) is 112 Å². The molecule has 0 bridgehead atoms. The molecule has 1 atom stereocenters. The van der Waals surface area contributed by atoms with E-state index in [4.69, 9.17) is 14.2 Å². The summed E-state index contributed by atoms with van der Waals surface area (Å²) in [7, 11) is 0. The van der Waals surface area contributed by atoms with E-state index >= 15 is 0 Å². The van der Waals surface area contributed by atoms with Crippen molar-refractivity contribution in [1.82, 2.24) is 0 Å². The van der Waals surface area contributed by atoms with Crippen molar-refractivity contribution in [2.24, 2.45) is 0 Å². The van der Waals surface area contributed by atoms with Gasteiger partial charge in [-0.3, -0.25) is 14.4 Å². The lowest BCUT2D eigenvalue weighted by Crippen LogP contribution is -2.30. The molecule has 0 radical (unpaired) electrons. The van der Waals surface area contributed by atoms with Gasteiger partial charge in [-0.05, 0) is 103 Å². The van der Waals surface area contributed by atoms with Gasteiger partial charge in [-0.25, -0.2) is 0 Å². The average molecular weight is 833 g/mol. The topological polar surface area (TPSA) is 78.9 Å². The zero-order valence-corrected chi connectivity index (χ0v) is 38.7. The van der Waals surface area contributed by atoms with Crippen molar-refractivity contribution < 1.29 is 28.6 Å².